The van der Waals surface area contributed by atoms with E-state index in [0.717, 1.165) is 11.1 Å². The second kappa shape index (κ2) is 6.37. The first-order chi connectivity index (χ1) is 13.0. The Bertz CT molecular complexity index is 1010. The van der Waals surface area contributed by atoms with Gasteiger partial charge >= 0.3 is 5.97 Å². The molecule has 0 aliphatic heterocycles. The number of rotatable bonds is 4. The molecule has 0 radical (unpaired) electrons. The molecule has 0 saturated heterocycles. The molecular weight excluding hydrogens is 342 g/mol. The molecule has 1 aliphatic rings. The van der Waals surface area contributed by atoms with Gasteiger partial charge in [0.25, 0.3) is 5.91 Å². The minimum Gasteiger partial charge on any atom is -0.481 e. The molecule has 0 heterocycles. The highest BCUT2D eigenvalue weighted by Gasteiger charge is 2.47. The number of fused-ring (bicyclic) bond motifs is 3. The van der Waals surface area contributed by atoms with E-state index in [2.05, 4.69) is 5.32 Å². The van der Waals surface area contributed by atoms with E-state index in [4.69, 9.17) is 5.11 Å². The fourth-order valence-corrected chi connectivity index (χ4v) is 3.63. The number of benzene rings is 3. The van der Waals surface area contributed by atoms with E-state index in [1.54, 1.807) is 48.5 Å². The Labute approximate surface area is 155 Å². The SMILES string of the molecule is O=C(O)Cc1ccccc1NC(=O)C1(O)c2ccccc2-c2ccccc21. The first kappa shape index (κ1) is 17.0. The molecule has 5 heteroatoms. The van der Waals surface area contributed by atoms with Gasteiger partial charge in [-0.1, -0.05) is 66.7 Å². The summed E-state index contributed by atoms with van der Waals surface area (Å²) in [4.78, 5) is 24.3. The van der Waals surface area contributed by atoms with Gasteiger partial charge in [-0.25, -0.2) is 0 Å². The van der Waals surface area contributed by atoms with Crippen molar-refractivity contribution >= 4 is 17.6 Å². The number of hydrogen-bond acceptors (Lipinski definition) is 3. The zero-order valence-electron chi connectivity index (χ0n) is 14.3. The Morgan fingerprint density at radius 3 is 1.93 bits per heavy atom. The highest BCUT2D eigenvalue weighted by atomic mass is 16.4. The van der Waals surface area contributed by atoms with E-state index in [9.17, 15) is 14.7 Å². The maximum Gasteiger partial charge on any atom is 0.307 e. The van der Waals surface area contributed by atoms with Crippen LogP contribution in [-0.2, 0) is 21.6 Å². The highest BCUT2D eigenvalue weighted by Crippen LogP contribution is 2.47. The number of aliphatic carboxylic acids is 1. The average Bonchev–Trinajstić information content (AvgIpc) is 2.94. The van der Waals surface area contributed by atoms with Gasteiger partial charge in [0.15, 0.2) is 5.60 Å². The van der Waals surface area contributed by atoms with Crippen LogP contribution < -0.4 is 5.32 Å². The van der Waals surface area contributed by atoms with E-state index in [1.807, 2.05) is 24.3 Å². The fraction of sp³-hybridized carbons (Fsp3) is 0.0909. The van der Waals surface area contributed by atoms with Gasteiger partial charge in [-0.05, 0) is 22.8 Å². The summed E-state index contributed by atoms with van der Waals surface area (Å²) in [5.74, 6) is -1.61. The molecule has 27 heavy (non-hydrogen) atoms. The molecule has 0 spiro atoms. The van der Waals surface area contributed by atoms with Crippen LogP contribution >= 0.6 is 0 Å². The van der Waals surface area contributed by atoms with E-state index in [0.29, 0.717) is 22.4 Å². The lowest BCUT2D eigenvalue weighted by Crippen LogP contribution is -2.40. The van der Waals surface area contributed by atoms with Crippen LogP contribution in [0.2, 0.25) is 0 Å². The Hall–Kier alpha value is -3.44. The van der Waals surface area contributed by atoms with Gasteiger partial charge in [-0.15, -0.1) is 0 Å². The zero-order valence-corrected chi connectivity index (χ0v) is 14.3. The normalized spacial score (nSPS) is 13.5. The van der Waals surface area contributed by atoms with Crippen molar-refractivity contribution < 1.29 is 19.8 Å². The third kappa shape index (κ3) is 2.69. The van der Waals surface area contributed by atoms with Crippen molar-refractivity contribution in [3.8, 4) is 11.1 Å². The smallest absolute Gasteiger partial charge is 0.307 e. The van der Waals surface area contributed by atoms with Crippen molar-refractivity contribution in [2.24, 2.45) is 0 Å². The zero-order chi connectivity index (χ0) is 19.0. The number of carboxylic acids is 1. The maximum absolute atomic E-state index is 13.2. The molecule has 1 aliphatic carbocycles. The number of aliphatic hydroxyl groups is 1. The predicted molar refractivity (Wildman–Crippen MR) is 101 cm³/mol. The summed E-state index contributed by atoms with van der Waals surface area (Å²) in [5.41, 5.74) is 1.65. The second-order valence-electron chi connectivity index (χ2n) is 6.48. The van der Waals surface area contributed by atoms with Crippen LogP contribution in [-0.4, -0.2) is 22.1 Å². The third-order valence-corrected chi connectivity index (χ3v) is 4.86. The summed E-state index contributed by atoms with van der Waals surface area (Å²) in [6.07, 6.45) is -0.220. The topological polar surface area (TPSA) is 86.6 Å². The van der Waals surface area contributed by atoms with Crippen LogP contribution in [0.1, 0.15) is 16.7 Å². The lowest BCUT2D eigenvalue weighted by atomic mass is 9.90. The largest absolute Gasteiger partial charge is 0.481 e. The average molecular weight is 359 g/mol. The van der Waals surface area contributed by atoms with E-state index in [-0.39, 0.29) is 6.42 Å². The van der Waals surface area contributed by atoms with E-state index in [1.165, 1.54) is 0 Å². The number of carbonyl (C=O) groups is 2. The molecule has 0 bridgehead atoms. The molecule has 0 atom stereocenters. The van der Waals surface area contributed by atoms with Crippen LogP contribution in [0.3, 0.4) is 0 Å². The molecular formula is C22H17NO4. The number of carboxylic acid groups (broad SMARTS) is 1. The molecule has 134 valence electrons. The minimum absolute atomic E-state index is 0.220. The number of carbonyl (C=O) groups excluding carboxylic acids is 1. The van der Waals surface area contributed by atoms with Gasteiger partial charge in [0.05, 0.1) is 6.42 Å². The molecule has 1 amide bonds. The number of para-hydroxylation sites is 1. The van der Waals surface area contributed by atoms with Crippen LogP contribution in [0.15, 0.2) is 72.8 Å². The summed E-state index contributed by atoms with van der Waals surface area (Å²) in [5, 5.41) is 23.3. The van der Waals surface area contributed by atoms with Gasteiger partial charge in [-0.3, -0.25) is 9.59 Å². The second-order valence-corrected chi connectivity index (χ2v) is 6.48. The molecule has 0 fully saturated rings. The van der Waals surface area contributed by atoms with Crippen molar-refractivity contribution in [1.29, 1.82) is 0 Å². The summed E-state index contributed by atoms with van der Waals surface area (Å²) in [6.45, 7) is 0. The van der Waals surface area contributed by atoms with Gasteiger partial charge in [-0.2, -0.15) is 0 Å². The minimum atomic E-state index is -1.84. The Kier molecular flexibility index (Phi) is 4.01. The van der Waals surface area contributed by atoms with Crippen LogP contribution in [0.5, 0.6) is 0 Å². The molecule has 5 nitrogen and oxygen atoms in total. The van der Waals surface area contributed by atoms with Crippen molar-refractivity contribution in [2.45, 2.75) is 12.0 Å². The number of anilines is 1. The van der Waals surface area contributed by atoms with E-state index >= 15 is 0 Å². The number of hydrogen-bond donors (Lipinski definition) is 3. The number of nitrogens with one attached hydrogen (secondary N) is 1. The van der Waals surface area contributed by atoms with Gasteiger partial charge < -0.3 is 15.5 Å². The summed E-state index contributed by atoms with van der Waals surface area (Å²) < 4.78 is 0. The quantitative estimate of drug-likeness (QED) is 0.668. The van der Waals surface area contributed by atoms with Crippen molar-refractivity contribution in [2.75, 3.05) is 5.32 Å². The van der Waals surface area contributed by atoms with Crippen molar-refractivity contribution in [1.82, 2.24) is 0 Å². The molecule has 4 rings (SSSR count). The van der Waals surface area contributed by atoms with Crippen molar-refractivity contribution in [3.63, 3.8) is 0 Å². The maximum atomic E-state index is 13.2. The summed E-state index contributed by atoms with van der Waals surface area (Å²) in [7, 11) is 0. The first-order valence-corrected chi connectivity index (χ1v) is 8.54. The van der Waals surface area contributed by atoms with Gasteiger partial charge in [0, 0.05) is 16.8 Å². The molecule has 3 aromatic carbocycles. The highest BCUT2D eigenvalue weighted by molar-refractivity contribution is 6.06. The first-order valence-electron chi connectivity index (χ1n) is 8.54. The molecule has 0 unspecified atom stereocenters. The summed E-state index contributed by atoms with van der Waals surface area (Å²) >= 11 is 0. The Morgan fingerprint density at radius 2 is 1.33 bits per heavy atom. The van der Waals surface area contributed by atoms with Gasteiger partial charge in [0.2, 0.25) is 0 Å². The molecule has 0 saturated carbocycles. The lowest BCUT2D eigenvalue weighted by molar-refractivity contribution is -0.136. The fourth-order valence-electron chi connectivity index (χ4n) is 3.63. The Morgan fingerprint density at radius 1 is 0.815 bits per heavy atom. The standard InChI is InChI=1S/C22H17NO4/c24-20(25)13-14-7-1-6-12-19(14)23-21(26)22(27)17-10-4-2-8-15(17)16-9-3-5-11-18(16)22/h1-12,27H,13H2,(H,23,26)(H,24,25). The summed E-state index contributed by atoms with van der Waals surface area (Å²) in [6, 6.07) is 21.2. The van der Waals surface area contributed by atoms with Gasteiger partial charge in [0.1, 0.15) is 0 Å². The number of amides is 1. The monoisotopic (exact) mass is 359 g/mol. The Balaban J connectivity index is 1.78. The van der Waals surface area contributed by atoms with E-state index < -0.39 is 17.5 Å². The lowest BCUT2D eigenvalue weighted by Gasteiger charge is -2.25. The third-order valence-electron chi connectivity index (χ3n) is 4.86. The molecule has 3 aromatic rings. The molecule has 3 N–H and O–H groups in total. The van der Waals surface area contributed by atoms with Crippen molar-refractivity contribution in [3.05, 3.63) is 89.5 Å². The van der Waals surface area contributed by atoms with Crippen LogP contribution in [0.25, 0.3) is 11.1 Å². The van der Waals surface area contributed by atoms with Crippen LogP contribution in [0.4, 0.5) is 5.69 Å². The molecule has 0 aromatic heterocycles. The predicted octanol–water partition coefficient (Wildman–Crippen LogP) is 3.17. The van der Waals surface area contributed by atoms with Crippen LogP contribution in [0, 0.1) is 0 Å².